The van der Waals surface area contributed by atoms with Crippen LogP contribution in [-0.2, 0) is 4.74 Å². The molecule has 4 N–H and O–H groups in total. The molecule has 38 heavy (non-hydrogen) atoms. The maximum absolute atomic E-state index is 10.9. The van der Waals surface area contributed by atoms with E-state index < -0.39 is 11.7 Å². The third kappa shape index (κ3) is 6.09. The Labute approximate surface area is 228 Å². The van der Waals surface area contributed by atoms with Crippen LogP contribution in [0.4, 0.5) is 11.8 Å². The third-order valence-corrected chi connectivity index (χ3v) is 8.71. The van der Waals surface area contributed by atoms with Crippen LogP contribution in [0, 0.1) is 25.7 Å². The molecule has 0 bridgehead atoms. The van der Waals surface area contributed by atoms with E-state index in [1.807, 2.05) is 46.9 Å². The quantitative estimate of drug-likeness (QED) is 0.289. The first kappa shape index (κ1) is 27.2. The number of thiazole rings is 1. The lowest BCUT2D eigenvalue weighted by Crippen LogP contribution is -2.35. The monoisotopic (exact) mass is 540 g/mol. The minimum Gasteiger partial charge on any atom is -0.391 e. The van der Waals surface area contributed by atoms with Gasteiger partial charge < -0.3 is 25.6 Å². The summed E-state index contributed by atoms with van der Waals surface area (Å²) in [6, 6.07) is 1.82. The smallest absolute Gasteiger partial charge is 0.224 e. The predicted octanol–water partition coefficient (Wildman–Crippen LogP) is 4.70. The highest BCUT2D eigenvalue weighted by molar-refractivity contribution is 7.21. The molecule has 0 unspecified atom stereocenters. The first-order chi connectivity index (χ1) is 18.1. The molecule has 3 aromatic rings. The summed E-state index contributed by atoms with van der Waals surface area (Å²) < 4.78 is 6.77. The number of aliphatic hydroxyl groups is 2. The van der Waals surface area contributed by atoms with Crippen molar-refractivity contribution in [1.82, 2.24) is 19.9 Å². The van der Waals surface area contributed by atoms with E-state index in [0.717, 1.165) is 64.6 Å². The number of aryl methyl sites for hydroxylation is 2. The summed E-state index contributed by atoms with van der Waals surface area (Å²) in [5.74, 6) is 2.04. The molecule has 2 aliphatic rings. The Balaban J connectivity index is 1.41. The van der Waals surface area contributed by atoms with Gasteiger partial charge in [-0.25, -0.2) is 9.97 Å². The molecule has 0 aliphatic heterocycles. The molecule has 9 nitrogen and oxygen atoms in total. The Hall–Kier alpha value is -2.40. The predicted molar refractivity (Wildman–Crippen MR) is 152 cm³/mol. The van der Waals surface area contributed by atoms with Gasteiger partial charge in [-0.3, -0.25) is 4.98 Å². The van der Waals surface area contributed by atoms with E-state index >= 15 is 0 Å². The van der Waals surface area contributed by atoms with E-state index in [4.69, 9.17) is 19.7 Å². The average molecular weight is 541 g/mol. The first-order valence-electron chi connectivity index (χ1n) is 13.7. The summed E-state index contributed by atoms with van der Waals surface area (Å²) >= 11 is 1.60. The van der Waals surface area contributed by atoms with Gasteiger partial charge in [0.15, 0.2) is 0 Å². The number of nitrogens with one attached hydrogen (secondary N) is 2. The fourth-order valence-corrected chi connectivity index (χ4v) is 6.98. The molecule has 3 heterocycles. The zero-order chi connectivity index (χ0) is 27.0. The van der Waals surface area contributed by atoms with E-state index in [0.29, 0.717) is 36.6 Å². The van der Waals surface area contributed by atoms with Crippen molar-refractivity contribution < 1.29 is 14.9 Å². The molecule has 10 heteroatoms. The Bertz CT molecular complexity index is 1270. The van der Waals surface area contributed by atoms with Crippen LogP contribution in [0.15, 0.2) is 12.3 Å². The fraction of sp³-hybridized carbons (Fsp3) is 0.643. The van der Waals surface area contributed by atoms with E-state index in [1.54, 1.807) is 11.3 Å². The zero-order valence-corrected chi connectivity index (χ0v) is 23.8. The summed E-state index contributed by atoms with van der Waals surface area (Å²) in [5.41, 5.74) is 2.70. The van der Waals surface area contributed by atoms with Crippen LogP contribution in [-0.4, -0.2) is 67.2 Å². The van der Waals surface area contributed by atoms with Crippen molar-refractivity contribution in [1.29, 1.82) is 0 Å². The van der Waals surface area contributed by atoms with Crippen LogP contribution in [0.3, 0.4) is 0 Å². The average Bonchev–Trinajstić information content (AvgIpc) is 3.37. The summed E-state index contributed by atoms with van der Waals surface area (Å²) in [6.45, 7) is 11.2. The highest BCUT2D eigenvalue weighted by Crippen LogP contribution is 2.39. The van der Waals surface area contributed by atoms with Gasteiger partial charge in [0.25, 0.3) is 0 Å². The van der Waals surface area contributed by atoms with Crippen LogP contribution in [0.1, 0.15) is 64.3 Å². The van der Waals surface area contributed by atoms with Gasteiger partial charge in [-0.05, 0) is 84.6 Å². The van der Waals surface area contributed by atoms with Crippen LogP contribution >= 0.6 is 11.3 Å². The van der Waals surface area contributed by atoms with Gasteiger partial charge in [-0.15, -0.1) is 11.3 Å². The standard InChI is InChI=1S/C28H40N6O3S/c1-6-37-19-9-18(10-19)14-30-27-31-15(2)23(26-33-24-16(3)29-8-7-22(24)38-26)25(34-27)32-20-11-17(12-21(20)35)13-28(4,5)36/h7-8,17-21,35-36H,6,9-14H2,1-5H3,(H2,30,31,32,34)/t17-,18?,19?,20+,21+/m0/s1. The van der Waals surface area contributed by atoms with Crippen LogP contribution in [0.25, 0.3) is 20.8 Å². The van der Waals surface area contributed by atoms with E-state index in [2.05, 4.69) is 15.6 Å². The second-order valence-corrected chi connectivity index (χ2v) is 12.6. The largest absolute Gasteiger partial charge is 0.391 e. The molecule has 0 aromatic carbocycles. The molecule has 0 saturated heterocycles. The van der Waals surface area contributed by atoms with Crippen LogP contribution < -0.4 is 10.6 Å². The Morgan fingerprint density at radius 3 is 2.58 bits per heavy atom. The summed E-state index contributed by atoms with van der Waals surface area (Å²) in [6.07, 6.45) is 5.84. The molecule has 0 spiro atoms. The van der Waals surface area contributed by atoms with Crippen molar-refractivity contribution in [2.24, 2.45) is 11.8 Å². The molecule has 3 aromatic heterocycles. The van der Waals surface area contributed by atoms with Gasteiger partial charge in [0.2, 0.25) is 5.95 Å². The fourth-order valence-electron chi connectivity index (χ4n) is 5.87. The minimum atomic E-state index is -0.761. The zero-order valence-electron chi connectivity index (χ0n) is 23.0. The van der Waals surface area contributed by atoms with E-state index in [-0.39, 0.29) is 12.0 Å². The van der Waals surface area contributed by atoms with Crippen molar-refractivity contribution in [2.45, 2.75) is 90.6 Å². The van der Waals surface area contributed by atoms with Crippen molar-refractivity contribution in [3.63, 3.8) is 0 Å². The molecule has 2 saturated carbocycles. The topological polar surface area (TPSA) is 125 Å². The van der Waals surface area contributed by atoms with Gasteiger partial charge in [0.1, 0.15) is 16.3 Å². The second-order valence-electron chi connectivity index (χ2n) is 11.6. The molecule has 5 rings (SSSR count). The maximum Gasteiger partial charge on any atom is 0.224 e. The number of anilines is 2. The van der Waals surface area contributed by atoms with Crippen molar-refractivity contribution in [2.75, 3.05) is 23.8 Å². The lowest BCUT2D eigenvalue weighted by molar-refractivity contribution is -0.0205. The minimum absolute atomic E-state index is 0.167. The lowest BCUT2D eigenvalue weighted by Gasteiger charge is -2.35. The maximum atomic E-state index is 10.9. The molecule has 2 aliphatic carbocycles. The van der Waals surface area contributed by atoms with E-state index in [9.17, 15) is 10.2 Å². The first-order valence-corrected chi connectivity index (χ1v) is 14.5. The number of ether oxygens (including phenoxy) is 1. The highest BCUT2D eigenvalue weighted by Gasteiger charge is 2.36. The number of aliphatic hydroxyl groups excluding tert-OH is 1. The summed E-state index contributed by atoms with van der Waals surface area (Å²) in [7, 11) is 0. The van der Waals surface area contributed by atoms with Crippen molar-refractivity contribution in [3.8, 4) is 10.6 Å². The number of aromatic nitrogens is 4. The number of fused-ring (bicyclic) bond motifs is 1. The summed E-state index contributed by atoms with van der Waals surface area (Å²) in [4.78, 5) is 19.0. The lowest BCUT2D eigenvalue weighted by atomic mass is 9.82. The van der Waals surface area contributed by atoms with Gasteiger partial charge in [0, 0.05) is 19.3 Å². The van der Waals surface area contributed by atoms with Crippen molar-refractivity contribution in [3.05, 3.63) is 23.7 Å². The number of hydrogen-bond acceptors (Lipinski definition) is 10. The van der Waals surface area contributed by atoms with Crippen LogP contribution in [0.5, 0.6) is 0 Å². The molecular formula is C28H40N6O3S. The Kier molecular flexibility index (Phi) is 7.86. The Morgan fingerprint density at radius 2 is 1.87 bits per heavy atom. The molecular weight excluding hydrogens is 500 g/mol. The van der Waals surface area contributed by atoms with Gasteiger partial charge in [0.05, 0.1) is 45.5 Å². The Morgan fingerprint density at radius 1 is 1.08 bits per heavy atom. The number of pyridine rings is 1. The highest BCUT2D eigenvalue weighted by atomic mass is 32.1. The number of rotatable bonds is 10. The number of hydrogen-bond donors (Lipinski definition) is 4. The molecule has 3 atom stereocenters. The van der Waals surface area contributed by atoms with Crippen molar-refractivity contribution >= 4 is 33.3 Å². The molecule has 2 fully saturated rings. The molecule has 206 valence electrons. The normalized spacial score (nSPS) is 25.5. The van der Waals surface area contributed by atoms with Gasteiger partial charge in [-0.2, -0.15) is 4.98 Å². The van der Waals surface area contributed by atoms with Gasteiger partial charge >= 0.3 is 0 Å². The third-order valence-electron chi connectivity index (χ3n) is 7.67. The van der Waals surface area contributed by atoms with E-state index in [1.165, 1.54) is 0 Å². The SMILES string of the molecule is CCOC1CC(CNc2nc(C)c(-c3nc4c(C)nccc4s3)c(N[C@@H]3C[C@H](CC(C)(C)O)C[C@H]3O)n2)C1. The second kappa shape index (κ2) is 11.0. The molecule has 0 radical (unpaired) electrons. The number of nitrogens with zero attached hydrogens (tertiary/aromatic N) is 4. The van der Waals surface area contributed by atoms with Gasteiger partial charge in [-0.1, -0.05) is 0 Å². The molecule has 0 amide bonds. The summed E-state index contributed by atoms with van der Waals surface area (Å²) in [5, 5.41) is 29.1. The van der Waals surface area contributed by atoms with Crippen LogP contribution in [0.2, 0.25) is 0 Å².